The first-order chi connectivity index (χ1) is 8.61. The molecule has 94 valence electrons. The predicted molar refractivity (Wildman–Crippen MR) is 77.0 cm³/mol. The van der Waals surface area contributed by atoms with Crippen LogP contribution in [0.5, 0.6) is 0 Å². The molecule has 0 aromatic carbocycles. The minimum absolute atomic E-state index is 0.353. The van der Waals surface area contributed by atoms with Crippen molar-refractivity contribution in [2.45, 2.75) is 25.1 Å². The molecule has 0 aliphatic heterocycles. The lowest BCUT2D eigenvalue weighted by atomic mass is 10.1. The lowest BCUT2D eigenvalue weighted by Gasteiger charge is -2.10. The molecule has 2 heterocycles. The molecular weight excluding hydrogens is 314 g/mol. The number of pyridine rings is 1. The summed E-state index contributed by atoms with van der Waals surface area (Å²) in [6, 6.07) is 3.62. The number of rotatable bonds is 3. The van der Waals surface area contributed by atoms with Gasteiger partial charge in [0.1, 0.15) is 5.69 Å². The Hall–Kier alpha value is -1.00. The first kappa shape index (κ1) is 13.4. The average molecular weight is 327 g/mol. The van der Waals surface area contributed by atoms with Crippen molar-refractivity contribution in [3.8, 4) is 11.5 Å². The standard InChI is InChI=1S/C13H13BrClN3/c1-8(2)12-9(5-14)6-17-13(18-12)11-4-3-10(15)7-16-11/h3-4,6-8H,5H2,1-2H3. The molecule has 0 atom stereocenters. The number of hydrogen-bond donors (Lipinski definition) is 0. The van der Waals surface area contributed by atoms with E-state index in [0.717, 1.165) is 22.3 Å². The fourth-order valence-corrected chi connectivity index (χ4v) is 2.20. The zero-order valence-corrected chi connectivity index (χ0v) is 12.5. The summed E-state index contributed by atoms with van der Waals surface area (Å²) in [5.41, 5.74) is 2.90. The molecule has 0 fully saturated rings. The number of aromatic nitrogens is 3. The fraction of sp³-hybridized carbons (Fsp3) is 0.308. The van der Waals surface area contributed by atoms with Crippen molar-refractivity contribution >= 4 is 27.5 Å². The van der Waals surface area contributed by atoms with Gasteiger partial charge in [0.05, 0.1) is 10.7 Å². The Kier molecular flexibility index (Phi) is 4.30. The highest BCUT2D eigenvalue weighted by atomic mass is 79.9. The van der Waals surface area contributed by atoms with Gasteiger partial charge >= 0.3 is 0 Å². The third-order valence-electron chi connectivity index (χ3n) is 2.55. The molecule has 0 saturated carbocycles. The first-order valence-corrected chi connectivity index (χ1v) is 7.15. The van der Waals surface area contributed by atoms with Crippen molar-refractivity contribution in [2.24, 2.45) is 0 Å². The fourth-order valence-electron chi connectivity index (χ4n) is 1.65. The number of hydrogen-bond acceptors (Lipinski definition) is 3. The molecule has 0 unspecified atom stereocenters. The minimum atomic E-state index is 0.353. The third kappa shape index (κ3) is 2.87. The van der Waals surface area contributed by atoms with Gasteiger partial charge in [0.2, 0.25) is 0 Å². The van der Waals surface area contributed by atoms with Crippen LogP contribution in [0.25, 0.3) is 11.5 Å². The molecule has 18 heavy (non-hydrogen) atoms. The monoisotopic (exact) mass is 325 g/mol. The maximum atomic E-state index is 5.82. The topological polar surface area (TPSA) is 38.7 Å². The van der Waals surface area contributed by atoms with Gasteiger partial charge in [-0.2, -0.15) is 0 Å². The molecule has 5 heteroatoms. The first-order valence-electron chi connectivity index (χ1n) is 5.65. The maximum absolute atomic E-state index is 5.82. The van der Waals surface area contributed by atoms with Crippen LogP contribution in [0.1, 0.15) is 31.0 Å². The molecule has 2 rings (SSSR count). The van der Waals surface area contributed by atoms with Crippen molar-refractivity contribution in [3.63, 3.8) is 0 Å². The largest absolute Gasteiger partial charge is 0.251 e. The highest BCUT2D eigenvalue weighted by molar-refractivity contribution is 9.08. The Morgan fingerprint density at radius 3 is 2.56 bits per heavy atom. The van der Waals surface area contributed by atoms with Gasteiger partial charge in [-0.25, -0.2) is 9.97 Å². The van der Waals surface area contributed by atoms with Gasteiger partial charge < -0.3 is 0 Å². The van der Waals surface area contributed by atoms with Gasteiger partial charge in [-0.05, 0) is 18.1 Å². The Bertz CT molecular complexity index is 540. The second-order valence-electron chi connectivity index (χ2n) is 4.25. The molecule has 0 amide bonds. The van der Waals surface area contributed by atoms with Crippen LogP contribution in [0.15, 0.2) is 24.5 Å². The van der Waals surface area contributed by atoms with E-state index in [9.17, 15) is 0 Å². The molecule has 0 aliphatic rings. The molecule has 2 aromatic heterocycles. The van der Waals surface area contributed by atoms with Crippen molar-refractivity contribution in [1.29, 1.82) is 0 Å². The van der Waals surface area contributed by atoms with Crippen molar-refractivity contribution in [1.82, 2.24) is 15.0 Å². The molecule has 0 bridgehead atoms. The third-order valence-corrected chi connectivity index (χ3v) is 3.37. The molecule has 2 aromatic rings. The molecule has 0 aliphatic carbocycles. The Morgan fingerprint density at radius 1 is 1.22 bits per heavy atom. The summed E-state index contributed by atoms with van der Waals surface area (Å²) < 4.78 is 0. The summed E-state index contributed by atoms with van der Waals surface area (Å²) in [4.78, 5) is 13.2. The molecule has 0 N–H and O–H groups in total. The summed E-state index contributed by atoms with van der Waals surface area (Å²) >= 11 is 9.27. The Balaban J connectivity index is 2.46. The predicted octanol–water partition coefficient (Wildman–Crippen LogP) is 4.21. The van der Waals surface area contributed by atoms with Crippen LogP contribution in [0, 0.1) is 0 Å². The second kappa shape index (κ2) is 5.76. The van der Waals surface area contributed by atoms with Crippen LogP contribution in [-0.2, 0) is 5.33 Å². The van der Waals surface area contributed by atoms with Crippen molar-refractivity contribution in [3.05, 3.63) is 40.8 Å². The van der Waals surface area contributed by atoms with Gasteiger partial charge in [-0.15, -0.1) is 0 Å². The van der Waals surface area contributed by atoms with Gasteiger partial charge in [-0.3, -0.25) is 4.98 Å². The van der Waals surface area contributed by atoms with Crippen LogP contribution >= 0.6 is 27.5 Å². The number of alkyl halides is 1. The van der Waals surface area contributed by atoms with E-state index in [-0.39, 0.29) is 0 Å². The lowest BCUT2D eigenvalue weighted by molar-refractivity contribution is 0.802. The molecule has 0 saturated heterocycles. The summed E-state index contributed by atoms with van der Waals surface area (Å²) in [6.45, 7) is 4.24. The Morgan fingerprint density at radius 2 is 2.00 bits per heavy atom. The van der Waals surface area contributed by atoms with Crippen LogP contribution in [0.3, 0.4) is 0 Å². The molecule has 0 spiro atoms. The van der Waals surface area contributed by atoms with E-state index in [2.05, 4.69) is 44.7 Å². The maximum Gasteiger partial charge on any atom is 0.178 e. The SMILES string of the molecule is CC(C)c1nc(-c2ccc(Cl)cn2)ncc1CBr. The molecule has 0 radical (unpaired) electrons. The van der Waals surface area contributed by atoms with E-state index < -0.39 is 0 Å². The van der Waals surface area contributed by atoms with Gasteiger partial charge in [0.15, 0.2) is 5.82 Å². The van der Waals surface area contributed by atoms with E-state index in [0.29, 0.717) is 16.8 Å². The summed E-state index contributed by atoms with van der Waals surface area (Å²) in [6.07, 6.45) is 3.45. The molecule has 3 nitrogen and oxygen atoms in total. The highest BCUT2D eigenvalue weighted by Crippen LogP contribution is 2.22. The minimum Gasteiger partial charge on any atom is -0.251 e. The van der Waals surface area contributed by atoms with E-state index in [1.807, 2.05) is 12.3 Å². The zero-order chi connectivity index (χ0) is 13.1. The normalized spacial score (nSPS) is 10.9. The zero-order valence-electron chi connectivity index (χ0n) is 10.2. The average Bonchev–Trinajstić information content (AvgIpc) is 2.39. The smallest absolute Gasteiger partial charge is 0.178 e. The van der Waals surface area contributed by atoms with Crippen molar-refractivity contribution in [2.75, 3.05) is 0 Å². The van der Waals surface area contributed by atoms with Gasteiger partial charge in [-0.1, -0.05) is 41.4 Å². The van der Waals surface area contributed by atoms with Gasteiger partial charge in [0, 0.05) is 23.3 Å². The van der Waals surface area contributed by atoms with Gasteiger partial charge in [0.25, 0.3) is 0 Å². The van der Waals surface area contributed by atoms with E-state index in [1.54, 1.807) is 12.3 Å². The number of halogens is 2. The quantitative estimate of drug-likeness (QED) is 0.793. The lowest BCUT2D eigenvalue weighted by Crippen LogP contribution is -2.03. The van der Waals surface area contributed by atoms with Crippen LogP contribution in [0.4, 0.5) is 0 Å². The summed E-state index contributed by atoms with van der Waals surface area (Å²) in [5, 5.41) is 1.37. The van der Waals surface area contributed by atoms with E-state index >= 15 is 0 Å². The van der Waals surface area contributed by atoms with Crippen LogP contribution < -0.4 is 0 Å². The highest BCUT2D eigenvalue weighted by Gasteiger charge is 2.11. The van der Waals surface area contributed by atoms with E-state index in [1.165, 1.54) is 0 Å². The van der Waals surface area contributed by atoms with Crippen LogP contribution in [-0.4, -0.2) is 15.0 Å². The second-order valence-corrected chi connectivity index (χ2v) is 5.25. The number of nitrogens with zero attached hydrogens (tertiary/aromatic N) is 3. The van der Waals surface area contributed by atoms with E-state index in [4.69, 9.17) is 11.6 Å². The Labute approximate surface area is 120 Å². The molecular formula is C13H13BrClN3. The summed E-state index contributed by atoms with van der Waals surface area (Å²) in [7, 11) is 0. The summed E-state index contributed by atoms with van der Waals surface area (Å²) in [5.74, 6) is 0.992. The van der Waals surface area contributed by atoms with Crippen LogP contribution in [0.2, 0.25) is 5.02 Å². The van der Waals surface area contributed by atoms with Crippen molar-refractivity contribution < 1.29 is 0 Å².